The number of nitrogens with one attached hydrogen (secondary N) is 1. The quantitative estimate of drug-likeness (QED) is 0.311. The molecule has 1 fully saturated rings. The molecule has 5 heteroatoms. The summed E-state index contributed by atoms with van der Waals surface area (Å²) in [4.78, 5) is 0. The van der Waals surface area contributed by atoms with Crippen LogP contribution in [0.4, 0.5) is 0 Å². The van der Waals surface area contributed by atoms with Gasteiger partial charge in [0, 0.05) is 13.1 Å². The predicted octanol–water partition coefficient (Wildman–Crippen LogP) is -1.47. The fraction of sp³-hybridized carbons (Fsp3) is 1.00. The van der Waals surface area contributed by atoms with E-state index in [-0.39, 0.29) is 0 Å². The molecule has 0 radical (unpaired) electrons. The SMILES string of the molecule is NCCCC1CNCCO1.NN. The van der Waals surface area contributed by atoms with E-state index in [1.165, 1.54) is 0 Å². The monoisotopic (exact) mass is 176 g/mol. The van der Waals surface area contributed by atoms with E-state index in [1.54, 1.807) is 0 Å². The van der Waals surface area contributed by atoms with Crippen molar-refractivity contribution < 1.29 is 4.74 Å². The summed E-state index contributed by atoms with van der Waals surface area (Å²) in [6, 6.07) is 0. The summed E-state index contributed by atoms with van der Waals surface area (Å²) in [7, 11) is 0. The lowest BCUT2D eigenvalue weighted by atomic mass is 10.2. The maximum atomic E-state index is 5.46. The van der Waals surface area contributed by atoms with Gasteiger partial charge in [-0.05, 0) is 19.4 Å². The number of hydrazine groups is 1. The van der Waals surface area contributed by atoms with Gasteiger partial charge in [-0.25, -0.2) is 0 Å². The summed E-state index contributed by atoms with van der Waals surface area (Å²) in [6.45, 7) is 3.63. The molecule has 1 saturated heterocycles. The van der Waals surface area contributed by atoms with Crippen molar-refractivity contribution in [1.82, 2.24) is 5.32 Å². The zero-order valence-corrected chi connectivity index (χ0v) is 7.46. The van der Waals surface area contributed by atoms with Gasteiger partial charge in [-0.15, -0.1) is 0 Å². The third kappa shape index (κ3) is 5.45. The summed E-state index contributed by atoms with van der Waals surface area (Å²) < 4.78 is 5.46. The minimum Gasteiger partial charge on any atom is -0.376 e. The van der Waals surface area contributed by atoms with Crippen LogP contribution in [-0.4, -0.2) is 32.3 Å². The normalized spacial score (nSPS) is 22.8. The van der Waals surface area contributed by atoms with Gasteiger partial charge in [0.15, 0.2) is 0 Å². The molecule has 1 aliphatic heterocycles. The molecule has 0 saturated carbocycles. The topological polar surface area (TPSA) is 99.3 Å². The Kier molecular flexibility index (Phi) is 8.74. The molecule has 1 heterocycles. The zero-order valence-electron chi connectivity index (χ0n) is 7.46. The fourth-order valence-electron chi connectivity index (χ4n) is 1.15. The lowest BCUT2D eigenvalue weighted by Crippen LogP contribution is -2.38. The van der Waals surface area contributed by atoms with Gasteiger partial charge in [0.25, 0.3) is 0 Å². The lowest BCUT2D eigenvalue weighted by molar-refractivity contribution is 0.0228. The molecule has 0 aromatic rings. The minimum absolute atomic E-state index is 0.414. The first-order chi connectivity index (χ1) is 5.93. The van der Waals surface area contributed by atoms with E-state index in [4.69, 9.17) is 10.5 Å². The first-order valence-corrected chi connectivity index (χ1v) is 4.29. The van der Waals surface area contributed by atoms with Crippen molar-refractivity contribution in [3.05, 3.63) is 0 Å². The highest BCUT2D eigenvalue weighted by atomic mass is 16.5. The van der Waals surface area contributed by atoms with E-state index < -0.39 is 0 Å². The lowest BCUT2D eigenvalue weighted by Gasteiger charge is -2.23. The second-order valence-corrected chi connectivity index (χ2v) is 2.63. The number of hydrogen-bond acceptors (Lipinski definition) is 5. The summed E-state index contributed by atoms with van der Waals surface area (Å²) >= 11 is 0. The second-order valence-electron chi connectivity index (χ2n) is 2.63. The van der Waals surface area contributed by atoms with Gasteiger partial charge >= 0.3 is 0 Å². The number of hydrogen-bond donors (Lipinski definition) is 4. The zero-order chi connectivity index (χ0) is 9.23. The van der Waals surface area contributed by atoms with Crippen molar-refractivity contribution in [3.63, 3.8) is 0 Å². The number of nitrogens with two attached hydrogens (primary N) is 3. The van der Waals surface area contributed by atoms with Crippen molar-refractivity contribution >= 4 is 0 Å². The highest BCUT2D eigenvalue weighted by Gasteiger charge is 2.11. The van der Waals surface area contributed by atoms with Gasteiger partial charge in [-0.3, -0.25) is 11.7 Å². The Bertz CT molecular complexity index is 85.5. The van der Waals surface area contributed by atoms with Gasteiger partial charge in [0.2, 0.25) is 0 Å². The second kappa shape index (κ2) is 8.89. The fourth-order valence-corrected chi connectivity index (χ4v) is 1.15. The van der Waals surface area contributed by atoms with E-state index in [9.17, 15) is 0 Å². The van der Waals surface area contributed by atoms with E-state index in [0.717, 1.165) is 39.1 Å². The Morgan fingerprint density at radius 1 is 1.42 bits per heavy atom. The molecule has 1 atom stereocenters. The van der Waals surface area contributed by atoms with Crippen LogP contribution in [-0.2, 0) is 4.74 Å². The van der Waals surface area contributed by atoms with E-state index >= 15 is 0 Å². The predicted molar refractivity (Wildman–Crippen MR) is 49.3 cm³/mol. The Morgan fingerprint density at radius 2 is 2.17 bits per heavy atom. The first kappa shape index (κ1) is 11.8. The van der Waals surface area contributed by atoms with Crippen LogP contribution < -0.4 is 22.7 Å². The average Bonchev–Trinajstić information content (AvgIpc) is 2.19. The smallest absolute Gasteiger partial charge is 0.0700 e. The van der Waals surface area contributed by atoms with Crippen LogP contribution in [0.3, 0.4) is 0 Å². The van der Waals surface area contributed by atoms with Gasteiger partial charge < -0.3 is 15.8 Å². The average molecular weight is 176 g/mol. The Morgan fingerprint density at radius 3 is 2.67 bits per heavy atom. The molecule has 0 bridgehead atoms. The van der Waals surface area contributed by atoms with Crippen molar-refractivity contribution in [1.29, 1.82) is 0 Å². The minimum atomic E-state index is 0.414. The molecule has 0 amide bonds. The van der Waals surface area contributed by atoms with E-state index in [0.29, 0.717) is 6.10 Å². The summed E-state index contributed by atoms with van der Waals surface area (Å²) in [5, 5.41) is 3.28. The van der Waals surface area contributed by atoms with Crippen molar-refractivity contribution in [2.45, 2.75) is 18.9 Å². The molecule has 1 aliphatic rings. The number of morpholine rings is 1. The van der Waals surface area contributed by atoms with Crippen LogP contribution in [0.25, 0.3) is 0 Å². The van der Waals surface area contributed by atoms with Crippen LogP contribution in [0.2, 0.25) is 0 Å². The molecule has 0 aromatic carbocycles. The summed E-state index contributed by atoms with van der Waals surface area (Å²) in [6.07, 6.45) is 2.59. The van der Waals surface area contributed by atoms with Gasteiger partial charge in [-0.1, -0.05) is 0 Å². The number of rotatable bonds is 3. The summed E-state index contributed by atoms with van der Waals surface area (Å²) in [5.74, 6) is 8.00. The van der Waals surface area contributed by atoms with Crippen molar-refractivity contribution in [3.8, 4) is 0 Å². The van der Waals surface area contributed by atoms with Gasteiger partial charge in [0.05, 0.1) is 12.7 Å². The highest BCUT2D eigenvalue weighted by Crippen LogP contribution is 2.02. The van der Waals surface area contributed by atoms with Crippen LogP contribution in [0, 0.1) is 0 Å². The van der Waals surface area contributed by atoms with Crippen molar-refractivity contribution in [2.24, 2.45) is 17.4 Å². The van der Waals surface area contributed by atoms with Crippen LogP contribution in [0.15, 0.2) is 0 Å². The third-order valence-electron chi connectivity index (χ3n) is 1.73. The van der Waals surface area contributed by atoms with Crippen LogP contribution >= 0.6 is 0 Å². The highest BCUT2D eigenvalue weighted by molar-refractivity contribution is 4.66. The van der Waals surface area contributed by atoms with Gasteiger partial charge in [0.1, 0.15) is 0 Å². The molecule has 0 aliphatic carbocycles. The molecule has 0 aromatic heterocycles. The Labute approximate surface area is 73.6 Å². The largest absolute Gasteiger partial charge is 0.376 e. The molecule has 7 N–H and O–H groups in total. The Hall–Kier alpha value is -0.200. The van der Waals surface area contributed by atoms with E-state index in [2.05, 4.69) is 17.0 Å². The van der Waals surface area contributed by atoms with Crippen molar-refractivity contribution in [2.75, 3.05) is 26.2 Å². The summed E-state index contributed by atoms with van der Waals surface area (Å²) in [5.41, 5.74) is 5.37. The third-order valence-corrected chi connectivity index (χ3v) is 1.73. The van der Waals surface area contributed by atoms with Gasteiger partial charge in [-0.2, -0.15) is 0 Å². The molecule has 74 valence electrons. The molecular weight excluding hydrogens is 156 g/mol. The van der Waals surface area contributed by atoms with Crippen LogP contribution in [0.5, 0.6) is 0 Å². The maximum Gasteiger partial charge on any atom is 0.0700 e. The number of ether oxygens (including phenoxy) is 1. The molecule has 0 spiro atoms. The molecular formula is C7H20N4O. The van der Waals surface area contributed by atoms with E-state index in [1.807, 2.05) is 0 Å². The first-order valence-electron chi connectivity index (χ1n) is 4.29. The molecule has 12 heavy (non-hydrogen) atoms. The standard InChI is InChI=1S/C7H16N2O.H4N2/c8-3-1-2-7-6-9-4-5-10-7;1-2/h7,9H,1-6,8H2;1-2H2. The Balaban J connectivity index is 0.000000561. The molecule has 1 rings (SSSR count). The maximum absolute atomic E-state index is 5.46. The molecule has 5 nitrogen and oxygen atoms in total. The van der Waals surface area contributed by atoms with Crippen LogP contribution in [0.1, 0.15) is 12.8 Å². The molecule has 1 unspecified atom stereocenters.